The van der Waals surface area contributed by atoms with E-state index in [1.54, 1.807) is 0 Å². The van der Waals surface area contributed by atoms with Crippen LogP contribution in [0.25, 0.3) is 11.0 Å². The van der Waals surface area contributed by atoms with Crippen LogP contribution in [0.4, 0.5) is 0 Å². The molecule has 132 valence electrons. The molecule has 3 aliphatic heterocycles. The Hall–Kier alpha value is -1.96. The number of nitrogens with zero attached hydrogens (tertiary/aromatic N) is 3. The van der Waals surface area contributed by atoms with E-state index < -0.39 is 5.79 Å². The van der Waals surface area contributed by atoms with Gasteiger partial charge in [0, 0.05) is 38.0 Å². The molecule has 3 aliphatic rings. The van der Waals surface area contributed by atoms with Crippen molar-refractivity contribution in [3.8, 4) is 0 Å². The second kappa shape index (κ2) is 5.79. The highest BCUT2D eigenvalue weighted by Gasteiger charge is 2.40. The van der Waals surface area contributed by atoms with Gasteiger partial charge in [-0.3, -0.25) is 4.79 Å². The summed E-state index contributed by atoms with van der Waals surface area (Å²) < 4.78 is 19.1. The highest BCUT2D eigenvalue weighted by molar-refractivity contribution is 5.97. The van der Waals surface area contributed by atoms with Gasteiger partial charge in [0.2, 0.25) is 0 Å². The molecule has 7 heteroatoms. The van der Waals surface area contributed by atoms with Gasteiger partial charge in [-0.25, -0.2) is 4.98 Å². The standard InChI is InChI=1S/C18H21N3O4/c22-17(20-5-3-18(4-6-20)24-9-10-25-18)13-1-2-15-14(11-13)19-16-12-23-8-7-21(15)16/h1-2,11H,3-10,12H2. The van der Waals surface area contributed by atoms with Crippen molar-refractivity contribution in [3.63, 3.8) is 0 Å². The van der Waals surface area contributed by atoms with Gasteiger partial charge in [0.05, 0.1) is 30.9 Å². The molecule has 7 nitrogen and oxygen atoms in total. The first-order chi connectivity index (χ1) is 12.2. The minimum Gasteiger partial charge on any atom is -0.372 e. The quantitative estimate of drug-likeness (QED) is 0.786. The van der Waals surface area contributed by atoms with Gasteiger partial charge in [0.1, 0.15) is 12.4 Å². The van der Waals surface area contributed by atoms with Crippen LogP contribution in [0.2, 0.25) is 0 Å². The number of ether oxygens (including phenoxy) is 3. The Labute approximate surface area is 145 Å². The molecule has 0 radical (unpaired) electrons. The van der Waals surface area contributed by atoms with Gasteiger partial charge in [0.25, 0.3) is 5.91 Å². The summed E-state index contributed by atoms with van der Waals surface area (Å²) in [4.78, 5) is 19.4. The van der Waals surface area contributed by atoms with E-state index in [4.69, 9.17) is 14.2 Å². The predicted octanol–water partition coefficient (Wildman–Crippen LogP) is 1.55. The number of carbonyl (C=O) groups excluding carboxylic acids is 1. The van der Waals surface area contributed by atoms with E-state index in [1.165, 1.54) is 0 Å². The van der Waals surface area contributed by atoms with Gasteiger partial charge in [-0.1, -0.05) is 0 Å². The summed E-state index contributed by atoms with van der Waals surface area (Å²) in [6.07, 6.45) is 1.47. The number of amides is 1. The number of rotatable bonds is 1. The first kappa shape index (κ1) is 15.3. The SMILES string of the molecule is O=C(c1ccc2c(c1)nc1n2CCOC1)N1CCC2(CC1)OCCO2. The third-order valence-corrected chi connectivity index (χ3v) is 5.39. The second-order valence-electron chi connectivity index (χ2n) is 6.84. The number of likely N-dealkylation sites (tertiary alicyclic amines) is 1. The van der Waals surface area contributed by atoms with Gasteiger partial charge in [-0.15, -0.1) is 0 Å². The molecule has 5 rings (SSSR count). The number of piperidine rings is 1. The van der Waals surface area contributed by atoms with Crippen LogP contribution < -0.4 is 0 Å². The van der Waals surface area contributed by atoms with E-state index in [2.05, 4.69) is 9.55 Å². The Morgan fingerprint density at radius 1 is 1.08 bits per heavy atom. The Balaban J connectivity index is 1.37. The van der Waals surface area contributed by atoms with Crippen LogP contribution in [-0.2, 0) is 27.4 Å². The normalized spacial score (nSPS) is 22.5. The average Bonchev–Trinajstić information content (AvgIpc) is 3.25. The molecule has 25 heavy (non-hydrogen) atoms. The fraction of sp³-hybridized carbons (Fsp3) is 0.556. The van der Waals surface area contributed by atoms with E-state index >= 15 is 0 Å². The number of hydrogen-bond donors (Lipinski definition) is 0. The smallest absolute Gasteiger partial charge is 0.253 e. The van der Waals surface area contributed by atoms with Crippen molar-refractivity contribution in [2.75, 3.05) is 32.9 Å². The highest BCUT2D eigenvalue weighted by atomic mass is 16.7. The molecule has 0 N–H and O–H groups in total. The number of aromatic nitrogens is 2. The molecule has 1 aromatic carbocycles. The monoisotopic (exact) mass is 343 g/mol. The zero-order valence-corrected chi connectivity index (χ0v) is 14.1. The van der Waals surface area contributed by atoms with Crippen molar-refractivity contribution in [3.05, 3.63) is 29.6 Å². The number of fused-ring (bicyclic) bond motifs is 3. The van der Waals surface area contributed by atoms with E-state index in [9.17, 15) is 4.79 Å². The maximum atomic E-state index is 12.9. The lowest BCUT2D eigenvalue weighted by molar-refractivity contribution is -0.181. The van der Waals surface area contributed by atoms with Crippen molar-refractivity contribution in [2.24, 2.45) is 0 Å². The zero-order valence-electron chi connectivity index (χ0n) is 14.1. The summed E-state index contributed by atoms with van der Waals surface area (Å²) in [7, 11) is 0. The van der Waals surface area contributed by atoms with Crippen molar-refractivity contribution >= 4 is 16.9 Å². The van der Waals surface area contributed by atoms with Crippen molar-refractivity contribution in [1.82, 2.24) is 14.5 Å². The van der Waals surface area contributed by atoms with E-state index in [1.807, 2.05) is 23.1 Å². The summed E-state index contributed by atoms with van der Waals surface area (Å²) in [5.74, 6) is 0.530. The Morgan fingerprint density at radius 3 is 2.68 bits per heavy atom. The number of carbonyl (C=O) groups is 1. The van der Waals surface area contributed by atoms with Gasteiger partial charge in [0.15, 0.2) is 5.79 Å². The van der Waals surface area contributed by atoms with Gasteiger partial charge in [-0.2, -0.15) is 0 Å². The van der Waals surface area contributed by atoms with Crippen LogP contribution in [0.5, 0.6) is 0 Å². The number of benzene rings is 1. The maximum Gasteiger partial charge on any atom is 0.253 e. The molecular weight excluding hydrogens is 322 g/mol. The topological polar surface area (TPSA) is 65.8 Å². The zero-order chi connectivity index (χ0) is 16.9. The van der Waals surface area contributed by atoms with Crippen LogP contribution in [-0.4, -0.2) is 59.1 Å². The predicted molar refractivity (Wildman–Crippen MR) is 89.2 cm³/mol. The van der Waals surface area contributed by atoms with Crippen LogP contribution in [0.1, 0.15) is 29.0 Å². The van der Waals surface area contributed by atoms with Crippen LogP contribution in [0, 0.1) is 0 Å². The minimum atomic E-state index is -0.455. The van der Waals surface area contributed by atoms with Gasteiger partial charge in [-0.05, 0) is 18.2 Å². The Bertz CT molecular complexity index is 815. The number of hydrogen-bond acceptors (Lipinski definition) is 5. The van der Waals surface area contributed by atoms with E-state index in [0.29, 0.717) is 45.1 Å². The molecule has 1 amide bonds. The van der Waals surface area contributed by atoms with Crippen LogP contribution >= 0.6 is 0 Å². The molecular formula is C18H21N3O4. The summed E-state index contributed by atoms with van der Waals surface area (Å²) in [6.45, 7) is 4.67. The molecule has 0 saturated carbocycles. The third kappa shape index (κ3) is 2.54. The largest absolute Gasteiger partial charge is 0.372 e. The first-order valence-corrected chi connectivity index (χ1v) is 8.88. The fourth-order valence-electron chi connectivity index (χ4n) is 4.01. The van der Waals surface area contributed by atoms with E-state index in [-0.39, 0.29) is 5.91 Å². The van der Waals surface area contributed by atoms with Crippen LogP contribution in [0.15, 0.2) is 18.2 Å². The molecule has 1 spiro atoms. The molecule has 4 heterocycles. The summed E-state index contributed by atoms with van der Waals surface area (Å²) >= 11 is 0. The van der Waals surface area contributed by atoms with Crippen molar-refractivity contribution in [1.29, 1.82) is 0 Å². The molecule has 0 bridgehead atoms. The third-order valence-electron chi connectivity index (χ3n) is 5.39. The lowest BCUT2D eigenvalue weighted by Crippen LogP contribution is -2.47. The van der Waals surface area contributed by atoms with Crippen molar-refractivity contribution in [2.45, 2.75) is 31.8 Å². The molecule has 2 fully saturated rings. The molecule has 0 atom stereocenters. The van der Waals surface area contributed by atoms with Crippen LogP contribution in [0.3, 0.4) is 0 Å². The molecule has 0 aliphatic carbocycles. The first-order valence-electron chi connectivity index (χ1n) is 8.88. The molecule has 2 saturated heterocycles. The second-order valence-corrected chi connectivity index (χ2v) is 6.84. The summed E-state index contributed by atoms with van der Waals surface area (Å²) in [5, 5.41) is 0. The fourth-order valence-corrected chi connectivity index (χ4v) is 4.01. The van der Waals surface area contributed by atoms with E-state index in [0.717, 1.165) is 36.2 Å². The van der Waals surface area contributed by atoms with Gasteiger partial charge >= 0.3 is 0 Å². The molecule has 1 aromatic heterocycles. The van der Waals surface area contributed by atoms with Crippen molar-refractivity contribution < 1.29 is 19.0 Å². The average molecular weight is 343 g/mol. The summed E-state index contributed by atoms with van der Waals surface area (Å²) in [6, 6.07) is 5.80. The maximum absolute atomic E-state index is 12.9. The minimum absolute atomic E-state index is 0.0527. The lowest BCUT2D eigenvalue weighted by Gasteiger charge is -2.37. The Morgan fingerprint density at radius 2 is 1.88 bits per heavy atom. The summed E-state index contributed by atoms with van der Waals surface area (Å²) in [5.41, 5.74) is 2.62. The molecule has 2 aromatic rings. The molecule has 0 unspecified atom stereocenters. The number of imidazole rings is 1. The lowest BCUT2D eigenvalue weighted by atomic mass is 10.0. The van der Waals surface area contributed by atoms with Gasteiger partial charge < -0.3 is 23.7 Å². The highest BCUT2D eigenvalue weighted by Crippen LogP contribution is 2.32. The Kier molecular flexibility index (Phi) is 3.55.